The molecular formula is C20H24F2N4O3S. The molecule has 0 saturated carbocycles. The molecule has 0 amide bonds. The summed E-state index contributed by atoms with van der Waals surface area (Å²) in [7, 11) is -3.40. The summed E-state index contributed by atoms with van der Waals surface area (Å²) in [6.07, 6.45) is 3.48. The zero-order valence-corrected chi connectivity index (χ0v) is 17.4. The van der Waals surface area contributed by atoms with Gasteiger partial charge in [-0.05, 0) is 42.5 Å². The largest absolute Gasteiger partial charge is 0.370 e. The van der Waals surface area contributed by atoms with Gasteiger partial charge in [-0.1, -0.05) is 0 Å². The van der Waals surface area contributed by atoms with E-state index in [0.29, 0.717) is 25.4 Å². The molecule has 10 heteroatoms. The van der Waals surface area contributed by atoms with Gasteiger partial charge >= 0.3 is 0 Å². The Kier molecular flexibility index (Phi) is 4.73. The van der Waals surface area contributed by atoms with Crippen molar-refractivity contribution in [2.75, 3.05) is 26.0 Å². The molecule has 2 saturated heterocycles. The van der Waals surface area contributed by atoms with Gasteiger partial charge < -0.3 is 10.5 Å². The molecule has 2 aromatic rings. The van der Waals surface area contributed by atoms with Crippen LogP contribution < -0.4 is 5.73 Å². The first-order valence-electron chi connectivity index (χ1n) is 10.1. The number of rotatable bonds is 3. The Labute approximate surface area is 173 Å². The minimum atomic E-state index is -3.40. The maximum absolute atomic E-state index is 14.1. The van der Waals surface area contributed by atoms with Crippen LogP contribution in [-0.4, -0.2) is 60.5 Å². The highest BCUT2D eigenvalue weighted by molar-refractivity contribution is 7.89. The highest BCUT2D eigenvalue weighted by Crippen LogP contribution is 2.44. The number of nitrogens with two attached hydrogens (primary N) is 1. The van der Waals surface area contributed by atoms with E-state index in [4.69, 9.17) is 10.5 Å². The van der Waals surface area contributed by atoms with Gasteiger partial charge in [-0.25, -0.2) is 17.2 Å². The van der Waals surface area contributed by atoms with Gasteiger partial charge in [0.05, 0.1) is 24.8 Å². The van der Waals surface area contributed by atoms with Crippen molar-refractivity contribution in [1.82, 2.24) is 14.1 Å². The molecule has 1 aliphatic carbocycles. The molecule has 7 nitrogen and oxygen atoms in total. The number of benzene rings is 1. The lowest BCUT2D eigenvalue weighted by atomic mass is 9.93. The molecule has 30 heavy (non-hydrogen) atoms. The van der Waals surface area contributed by atoms with E-state index in [9.17, 15) is 17.2 Å². The molecule has 5 atom stereocenters. The maximum atomic E-state index is 14.1. The van der Waals surface area contributed by atoms with Crippen molar-refractivity contribution in [3.63, 3.8) is 0 Å². The van der Waals surface area contributed by atoms with E-state index in [2.05, 4.69) is 10.00 Å². The third kappa shape index (κ3) is 3.26. The Hall–Kier alpha value is -1.88. The number of likely N-dealkylation sites (tertiary alicyclic amines) is 1. The van der Waals surface area contributed by atoms with Crippen molar-refractivity contribution in [2.45, 2.75) is 36.9 Å². The quantitative estimate of drug-likeness (QED) is 0.779. The Bertz CT molecular complexity index is 1090. The van der Waals surface area contributed by atoms with Crippen molar-refractivity contribution in [2.24, 2.45) is 11.7 Å². The van der Waals surface area contributed by atoms with Crippen molar-refractivity contribution >= 4 is 10.0 Å². The Morgan fingerprint density at radius 3 is 2.77 bits per heavy atom. The van der Waals surface area contributed by atoms with Gasteiger partial charge in [-0.2, -0.15) is 9.19 Å². The molecule has 162 valence electrons. The highest BCUT2D eigenvalue weighted by atomic mass is 32.2. The summed E-state index contributed by atoms with van der Waals surface area (Å²) < 4.78 is 58.6. The lowest BCUT2D eigenvalue weighted by Gasteiger charge is -2.39. The summed E-state index contributed by atoms with van der Waals surface area (Å²) in [6.45, 7) is 2.00. The van der Waals surface area contributed by atoms with Gasteiger partial charge in [0.25, 0.3) is 10.0 Å². The predicted octanol–water partition coefficient (Wildman–Crippen LogP) is 1.40. The van der Waals surface area contributed by atoms with Crippen LogP contribution in [0.3, 0.4) is 0 Å². The van der Waals surface area contributed by atoms with E-state index in [1.807, 2.05) is 0 Å². The van der Waals surface area contributed by atoms with Crippen LogP contribution in [0.15, 0.2) is 24.4 Å². The Morgan fingerprint density at radius 1 is 1.23 bits per heavy atom. The highest BCUT2D eigenvalue weighted by Gasteiger charge is 2.46. The number of hydrogen-bond acceptors (Lipinski definition) is 6. The number of nitrogens with zero attached hydrogens (tertiary/aromatic N) is 3. The Balaban J connectivity index is 1.28. The third-order valence-electron chi connectivity index (χ3n) is 6.69. The van der Waals surface area contributed by atoms with Crippen molar-refractivity contribution in [3.05, 3.63) is 52.9 Å². The molecule has 2 unspecified atom stereocenters. The zero-order chi connectivity index (χ0) is 21.2. The number of aromatic nitrogens is 2. The van der Waals surface area contributed by atoms with Crippen molar-refractivity contribution < 1.29 is 21.9 Å². The zero-order valence-electron chi connectivity index (χ0n) is 16.5. The molecule has 2 fully saturated rings. The van der Waals surface area contributed by atoms with Crippen LogP contribution >= 0.6 is 0 Å². The van der Waals surface area contributed by atoms with Gasteiger partial charge in [0.15, 0.2) is 0 Å². The minimum Gasteiger partial charge on any atom is -0.370 e. The number of hydrogen-bond donors (Lipinski definition) is 1. The van der Waals surface area contributed by atoms with Gasteiger partial charge in [0.1, 0.15) is 17.7 Å². The molecule has 3 aliphatic rings. The summed E-state index contributed by atoms with van der Waals surface area (Å²) in [4.78, 5) is 2.33. The summed E-state index contributed by atoms with van der Waals surface area (Å²) in [6, 6.07) is 2.99. The fraction of sp³-hybridized carbons (Fsp3) is 0.550. The van der Waals surface area contributed by atoms with Gasteiger partial charge in [-0.3, -0.25) is 4.90 Å². The normalized spacial score (nSPS) is 31.7. The lowest BCUT2D eigenvalue weighted by molar-refractivity contribution is -0.0479. The lowest BCUT2D eigenvalue weighted by Crippen LogP contribution is -2.49. The first-order chi connectivity index (χ1) is 14.2. The van der Waals surface area contributed by atoms with Gasteiger partial charge in [0.2, 0.25) is 0 Å². The van der Waals surface area contributed by atoms with Gasteiger partial charge in [0, 0.05) is 36.7 Å². The molecule has 3 heterocycles. The topological polar surface area (TPSA) is 90.5 Å². The van der Waals surface area contributed by atoms with Crippen LogP contribution in [0, 0.1) is 17.6 Å². The first kappa shape index (κ1) is 20.0. The second-order valence-electron chi connectivity index (χ2n) is 8.65. The molecule has 1 aromatic carbocycles. The fourth-order valence-electron chi connectivity index (χ4n) is 5.32. The summed E-state index contributed by atoms with van der Waals surface area (Å²) in [5, 5.41) is 4.08. The van der Waals surface area contributed by atoms with E-state index < -0.39 is 33.8 Å². The summed E-state index contributed by atoms with van der Waals surface area (Å²) in [5.74, 6) is -0.450. The fourth-order valence-corrected chi connectivity index (χ4v) is 6.12. The molecule has 0 bridgehead atoms. The molecule has 5 rings (SSSR count). The van der Waals surface area contributed by atoms with Crippen molar-refractivity contribution in [1.29, 1.82) is 0 Å². The predicted molar refractivity (Wildman–Crippen MR) is 105 cm³/mol. The van der Waals surface area contributed by atoms with Crippen LogP contribution in [0.5, 0.6) is 0 Å². The van der Waals surface area contributed by atoms with E-state index >= 15 is 0 Å². The standard InChI is InChI=1S/C20H24F2N4O3S/c1-30(27,28)26-19-4-11-8-25(9-16(11)15(19)7-24-26)13-6-18(23)20(29-10-13)14-5-12(21)2-3-17(14)22/h2-3,5,7,11,13,16,18,20H,4,6,8-10,23H2,1H3/t11?,13-,16?,18+,20-/m1/s1. The monoisotopic (exact) mass is 438 g/mol. The minimum absolute atomic E-state index is 0.0897. The summed E-state index contributed by atoms with van der Waals surface area (Å²) >= 11 is 0. The maximum Gasteiger partial charge on any atom is 0.251 e. The van der Waals surface area contributed by atoms with Crippen LogP contribution in [0.1, 0.15) is 35.3 Å². The van der Waals surface area contributed by atoms with Crippen LogP contribution in [0.25, 0.3) is 0 Å². The average Bonchev–Trinajstić information content (AvgIpc) is 3.34. The molecule has 2 N–H and O–H groups in total. The van der Waals surface area contributed by atoms with E-state index in [1.54, 1.807) is 6.20 Å². The smallest absolute Gasteiger partial charge is 0.251 e. The van der Waals surface area contributed by atoms with Gasteiger partial charge in [-0.15, -0.1) is 0 Å². The number of halogens is 2. The molecule has 1 aromatic heterocycles. The SMILES string of the molecule is CS(=O)(=O)n1ncc2c1CC1CN([C@H]3CO[C@H](c4cc(F)ccc4F)[C@@H](N)C3)CC21. The van der Waals surface area contributed by atoms with Crippen LogP contribution in [0.4, 0.5) is 8.78 Å². The second-order valence-corrected chi connectivity index (χ2v) is 10.5. The molecule has 0 spiro atoms. The third-order valence-corrected chi connectivity index (χ3v) is 7.63. The van der Waals surface area contributed by atoms with Crippen LogP contribution in [0.2, 0.25) is 0 Å². The van der Waals surface area contributed by atoms with E-state index in [1.165, 1.54) is 6.26 Å². The van der Waals surface area contributed by atoms with E-state index in [-0.39, 0.29) is 17.5 Å². The van der Waals surface area contributed by atoms with Crippen molar-refractivity contribution in [3.8, 4) is 0 Å². The average molecular weight is 439 g/mol. The Morgan fingerprint density at radius 2 is 2.03 bits per heavy atom. The second kappa shape index (κ2) is 7.08. The van der Waals surface area contributed by atoms with E-state index in [0.717, 1.165) is 46.6 Å². The molecular weight excluding hydrogens is 414 g/mol. The number of fused-ring (bicyclic) bond motifs is 3. The first-order valence-corrected chi connectivity index (χ1v) is 11.9. The summed E-state index contributed by atoms with van der Waals surface area (Å²) in [5.41, 5.74) is 8.28. The number of ether oxygens (including phenoxy) is 1. The molecule has 0 radical (unpaired) electrons. The molecule has 2 aliphatic heterocycles. The van der Waals surface area contributed by atoms with Crippen LogP contribution in [-0.2, 0) is 21.2 Å².